The zero-order valence-electron chi connectivity index (χ0n) is 13.6. The summed E-state index contributed by atoms with van der Waals surface area (Å²) in [5, 5.41) is 6.81. The number of likely N-dealkylation sites (tertiary alicyclic amines) is 1. The molecule has 0 N–H and O–H groups in total. The zero-order chi connectivity index (χ0) is 15.9. The molecule has 1 saturated heterocycles. The van der Waals surface area contributed by atoms with Gasteiger partial charge in [0.2, 0.25) is 0 Å². The lowest BCUT2D eigenvalue weighted by molar-refractivity contribution is 0.0204. The molecule has 0 bridgehead atoms. The van der Waals surface area contributed by atoms with E-state index in [2.05, 4.69) is 11.4 Å². The van der Waals surface area contributed by atoms with E-state index in [0.29, 0.717) is 5.92 Å². The van der Waals surface area contributed by atoms with Gasteiger partial charge in [0.15, 0.2) is 0 Å². The van der Waals surface area contributed by atoms with Gasteiger partial charge in [-0.2, -0.15) is 5.10 Å². The number of fused-ring (bicyclic) bond motifs is 1. The fourth-order valence-corrected chi connectivity index (χ4v) is 3.92. The molecular formula is C16H23N3O2S. The molecule has 0 spiro atoms. The van der Waals surface area contributed by atoms with Gasteiger partial charge in [-0.1, -0.05) is 0 Å². The number of carbonyl (C=O) groups excluding carboxylic acids is 1. The highest BCUT2D eigenvalue weighted by molar-refractivity contribution is 7.17. The van der Waals surface area contributed by atoms with Crippen molar-refractivity contribution in [2.45, 2.75) is 45.1 Å². The first kappa shape index (κ1) is 15.3. The molecule has 3 rings (SSSR count). The summed E-state index contributed by atoms with van der Waals surface area (Å²) < 4.78 is 8.70. The van der Waals surface area contributed by atoms with Crippen molar-refractivity contribution in [3.63, 3.8) is 0 Å². The summed E-state index contributed by atoms with van der Waals surface area (Å²) in [5.74, 6) is 0.432. The highest BCUT2D eigenvalue weighted by atomic mass is 32.1. The molecule has 0 aromatic carbocycles. The van der Waals surface area contributed by atoms with Crippen LogP contribution in [0.1, 0.15) is 45.2 Å². The molecule has 0 unspecified atom stereocenters. The molecule has 2 aromatic rings. The molecule has 1 aliphatic heterocycles. The van der Waals surface area contributed by atoms with Gasteiger partial charge in [-0.25, -0.2) is 4.79 Å². The van der Waals surface area contributed by atoms with E-state index in [1.165, 1.54) is 15.9 Å². The Morgan fingerprint density at radius 3 is 2.68 bits per heavy atom. The molecule has 0 radical (unpaired) electrons. The van der Waals surface area contributed by atoms with Crippen molar-refractivity contribution in [1.29, 1.82) is 0 Å². The van der Waals surface area contributed by atoms with Crippen LogP contribution in [0.3, 0.4) is 0 Å². The van der Waals surface area contributed by atoms with Gasteiger partial charge in [-0.3, -0.25) is 4.68 Å². The lowest BCUT2D eigenvalue weighted by Gasteiger charge is -2.32. The second kappa shape index (κ2) is 5.57. The number of piperidine rings is 1. The van der Waals surface area contributed by atoms with Gasteiger partial charge in [0.05, 0.1) is 15.9 Å². The van der Waals surface area contributed by atoms with Crippen molar-refractivity contribution in [3.05, 3.63) is 17.1 Å². The highest BCUT2D eigenvalue weighted by Crippen LogP contribution is 2.35. The number of rotatable bonds is 1. The Labute approximate surface area is 134 Å². The van der Waals surface area contributed by atoms with Crippen LogP contribution in [-0.4, -0.2) is 39.5 Å². The number of carbonyl (C=O) groups is 1. The smallest absolute Gasteiger partial charge is 0.410 e. The standard InChI is InChI=1S/C16H23N3O2S/c1-16(2,3)21-15(20)19-8-5-11(6-9-19)13-14-12(7-10-22-14)18(4)17-13/h7,10-11H,5-6,8-9H2,1-4H3. The maximum absolute atomic E-state index is 12.1. The van der Waals surface area contributed by atoms with E-state index in [4.69, 9.17) is 9.84 Å². The lowest BCUT2D eigenvalue weighted by atomic mass is 9.94. The molecule has 0 saturated carbocycles. The summed E-state index contributed by atoms with van der Waals surface area (Å²) in [4.78, 5) is 13.9. The highest BCUT2D eigenvalue weighted by Gasteiger charge is 2.29. The lowest BCUT2D eigenvalue weighted by Crippen LogP contribution is -2.41. The number of aromatic nitrogens is 2. The molecule has 120 valence electrons. The Bertz CT molecular complexity index is 675. The molecule has 3 heterocycles. The summed E-state index contributed by atoms with van der Waals surface area (Å²) >= 11 is 1.75. The van der Waals surface area contributed by atoms with Crippen LogP contribution in [-0.2, 0) is 11.8 Å². The molecule has 2 aromatic heterocycles. The van der Waals surface area contributed by atoms with Crippen molar-refractivity contribution in [2.75, 3.05) is 13.1 Å². The summed E-state index contributed by atoms with van der Waals surface area (Å²) in [6, 6.07) is 2.12. The van der Waals surface area contributed by atoms with Crippen molar-refractivity contribution in [1.82, 2.24) is 14.7 Å². The van der Waals surface area contributed by atoms with Crippen molar-refractivity contribution >= 4 is 27.6 Å². The largest absolute Gasteiger partial charge is 0.444 e. The minimum atomic E-state index is -0.432. The molecule has 1 aliphatic rings. The predicted octanol–water partition coefficient (Wildman–Crippen LogP) is 3.75. The molecule has 0 aliphatic carbocycles. The van der Waals surface area contributed by atoms with Crippen LogP contribution in [0.25, 0.3) is 10.2 Å². The second-order valence-electron chi connectivity index (χ2n) is 6.89. The molecule has 1 fully saturated rings. The van der Waals surface area contributed by atoms with E-state index in [1.54, 1.807) is 11.3 Å². The fourth-order valence-electron chi connectivity index (χ4n) is 2.94. The number of ether oxygens (including phenoxy) is 1. The van der Waals surface area contributed by atoms with Crippen molar-refractivity contribution in [3.8, 4) is 0 Å². The molecule has 1 amide bonds. The van der Waals surface area contributed by atoms with Crippen molar-refractivity contribution in [2.24, 2.45) is 7.05 Å². The van der Waals surface area contributed by atoms with E-state index in [1.807, 2.05) is 37.4 Å². The predicted molar refractivity (Wildman–Crippen MR) is 88.4 cm³/mol. The number of nitrogens with zero attached hydrogens (tertiary/aromatic N) is 3. The summed E-state index contributed by atoms with van der Waals surface area (Å²) in [7, 11) is 1.99. The zero-order valence-corrected chi connectivity index (χ0v) is 14.4. The SMILES string of the molecule is Cn1nc(C2CCN(C(=O)OC(C)(C)C)CC2)c2sccc21. The van der Waals surface area contributed by atoms with E-state index in [0.717, 1.165) is 25.9 Å². The van der Waals surface area contributed by atoms with Crippen LogP contribution in [0, 0.1) is 0 Å². The minimum absolute atomic E-state index is 0.201. The van der Waals surface area contributed by atoms with Gasteiger partial charge in [0.25, 0.3) is 0 Å². The number of thiophene rings is 1. The second-order valence-corrected chi connectivity index (χ2v) is 7.80. The van der Waals surface area contributed by atoms with Gasteiger partial charge in [-0.15, -0.1) is 11.3 Å². The Hall–Kier alpha value is -1.56. The third-order valence-electron chi connectivity index (χ3n) is 4.02. The maximum atomic E-state index is 12.1. The Balaban J connectivity index is 1.67. The van der Waals surface area contributed by atoms with Crippen LogP contribution in [0.15, 0.2) is 11.4 Å². The number of hydrogen-bond acceptors (Lipinski definition) is 4. The minimum Gasteiger partial charge on any atom is -0.444 e. The number of hydrogen-bond donors (Lipinski definition) is 0. The number of amides is 1. The average molecular weight is 321 g/mol. The van der Waals surface area contributed by atoms with E-state index >= 15 is 0 Å². The van der Waals surface area contributed by atoms with E-state index in [9.17, 15) is 4.79 Å². The molecular weight excluding hydrogens is 298 g/mol. The van der Waals surface area contributed by atoms with Crippen molar-refractivity contribution < 1.29 is 9.53 Å². The number of aryl methyl sites for hydroxylation is 1. The molecule has 0 atom stereocenters. The van der Waals surface area contributed by atoms with Crippen LogP contribution < -0.4 is 0 Å². The van der Waals surface area contributed by atoms with Gasteiger partial charge >= 0.3 is 6.09 Å². The third-order valence-corrected chi connectivity index (χ3v) is 4.94. The molecule has 5 nitrogen and oxygen atoms in total. The average Bonchev–Trinajstić information content (AvgIpc) is 3.02. The monoisotopic (exact) mass is 321 g/mol. The Kier molecular flexibility index (Phi) is 3.89. The van der Waals surface area contributed by atoms with Gasteiger partial charge in [0, 0.05) is 26.1 Å². The fraction of sp³-hybridized carbons (Fsp3) is 0.625. The van der Waals surface area contributed by atoms with Gasteiger partial charge < -0.3 is 9.64 Å². The Morgan fingerprint density at radius 2 is 2.05 bits per heavy atom. The van der Waals surface area contributed by atoms with Crippen LogP contribution in [0.5, 0.6) is 0 Å². The van der Waals surface area contributed by atoms with Gasteiger partial charge in [0.1, 0.15) is 5.60 Å². The van der Waals surface area contributed by atoms with Crippen LogP contribution in [0.4, 0.5) is 4.79 Å². The third kappa shape index (κ3) is 2.97. The van der Waals surface area contributed by atoms with E-state index in [-0.39, 0.29) is 6.09 Å². The quantitative estimate of drug-likeness (QED) is 0.803. The summed E-state index contributed by atoms with van der Waals surface area (Å²) in [5.41, 5.74) is 1.96. The Morgan fingerprint density at radius 1 is 1.36 bits per heavy atom. The first-order chi connectivity index (χ1) is 10.3. The molecule has 6 heteroatoms. The first-order valence-corrected chi connectivity index (χ1v) is 8.61. The molecule has 22 heavy (non-hydrogen) atoms. The summed E-state index contributed by atoms with van der Waals surface area (Å²) in [6.07, 6.45) is 1.69. The van der Waals surface area contributed by atoms with Crippen LogP contribution in [0.2, 0.25) is 0 Å². The van der Waals surface area contributed by atoms with E-state index < -0.39 is 5.60 Å². The van der Waals surface area contributed by atoms with Crippen LogP contribution >= 0.6 is 11.3 Å². The first-order valence-electron chi connectivity index (χ1n) is 7.73. The van der Waals surface area contributed by atoms with Gasteiger partial charge in [-0.05, 0) is 45.1 Å². The summed E-state index contributed by atoms with van der Waals surface area (Å²) in [6.45, 7) is 7.18. The normalized spacial score (nSPS) is 17.2. The maximum Gasteiger partial charge on any atom is 0.410 e. The topological polar surface area (TPSA) is 47.4 Å².